The number of nitrogens with zero attached hydrogens (tertiary/aromatic N) is 2. The third kappa shape index (κ3) is 2.25. The van der Waals surface area contributed by atoms with Gasteiger partial charge < -0.3 is 10.2 Å². The quantitative estimate of drug-likeness (QED) is 0.366. The van der Waals surface area contributed by atoms with Gasteiger partial charge in [0.05, 0.1) is 10.4 Å². The molecule has 0 radical (unpaired) electrons. The molecule has 0 amide bonds. The Balaban J connectivity index is 3.28. The number of halogens is 2. The van der Waals surface area contributed by atoms with Gasteiger partial charge in [-0.25, -0.2) is 0 Å². The number of H-pyrrole nitrogens is 2. The van der Waals surface area contributed by atoms with Crippen LogP contribution >= 0.6 is 31.9 Å². The molecule has 9 nitrogen and oxygen atoms in total. The van der Waals surface area contributed by atoms with Gasteiger partial charge in [0.2, 0.25) is 5.49 Å². The minimum absolute atomic E-state index is 0.0510. The summed E-state index contributed by atoms with van der Waals surface area (Å²) in [6.07, 6.45) is 0. The predicted molar refractivity (Wildman–Crippen MR) is 74.6 cm³/mol. The van der Waals surface area contributed by atoms with Crippen LogP contribution in [-0.2, 0) is 0 Å². The Kier molecular flexibility index (Phi) is 3.72. The average molecular weight is 408 g/mol. The number of nitro groups is 1. The van der Waals surface area contributed by atoms with Crippen molar-refractivity contribution in [2.45, 2.75) is 0 Å². The van der Waals surface area contributed by atoms with Gasteiger partial charge in [-0.15, -0.1) is 0 Å². The molecular formula is C9H4Br2N4O5. The maximum absolute atomic E-state index is 12.0. The zero-order valence-corrected chi connectivity index (χ0v) is 12.5. The Morgan fingerprint density at radius 3 is 2.45 bits per heavy atom. The molecule has 104 valence electrons. The fraction of sp³-hybridized carbons (Fsp3) is 0. The molecule has 0 saturated heterocycles. The zero-order chi connectivity index (χ0) is 15.0. The van der Waals surface area contributed by atoms with Gasteiger partial charge in [-0.3, -0.25) is 24.7 Å². The summed E-state index contributed by atoms with van der Waals surface area (Å²) in [6.45, 7) is 0. The topological polar surface area (TPSA) is 141 Å². The lowest BCUT2D eigenvalue weighted by atomic mass is 10.2. The van der Waals surface area contributed by atoms with Gasteiger partial charge in [-0.2, -0.15) is 0 Å². The normalized spacial score (nSPS) is 11.8. The molecule has 20 heavy (non-hydrogen) atoms. The summed E-state index contributed by atoms with van der Waals surface area (Å²) in [5.41, 5.74) is -3.10. The van der Waals surface area contributed by atoms with E-state index >= 15 is 0 Å². The van der Waals surface area contributed by atoms with Crippen molar-refractivity contribution in [2.75, 3.05) is 0 Å². The van der Waals surface area contributed by atoms with Crippen molar-refractivity contribution < 1.29 is 10.1 Å². The van der Waals surface area contributed by atoms with Crippen LogP contribution in [0.2, 0.25) is 0 Å². The van der Waals surface area contributed by atoms with Crippen LogP contribution in [-0.4, -0.2) is 20.1 Å². The summed E-state index contributed by atoms with van der Waals surface area (Å²) in [5, 5.41) is 22.0. The second-order valence-corrected chi connectivity index (χ2v) is 5.20. The highest BCUT2D eigenvalue weighted by atomic mass is 79.9. The first-order valence-electron chi connectivity index (χ1n) is 4.88. The molecule has 0 spiro atoms. The Hall–Kier alpha value is -2.01. The van der Waals surface area contributed by atoms with E-state index < -0.39 is 27.2 Å². The van der Waals surface area contributed by atoms with Crippen LogP contribution in [0.25, 0.3) is 10.9 Å². The van der Waals surface area contributed by atoms with Crippen LogP contribution in [0, 0.1) is 10.1 Å². The number of benzene rings is 1. The second kappa shape index (κ2) is 5.17. The Bertz CT molecular complexity index is 917. The highest BCUT2D eigenvalue weighted by Crippen LogP contribution is 2.36. The van der Waals surface area contributed by atoms with Gasteiger partial charge in [0.25, 0.3) is 16.8 Å². The van der Waals surface area contributed by atoms with E-state index in [1.807, 2.05) is 4.98 Å². The molecule has 0 aliphatic heterocycles. The second-order valence-electron chi connectivity index (χ2n) is 3.56. The van der Waals surface area contributed by atoms with E-state index in [2.05, 4.69) is 42.0 Å². The molecule has 0 atom stereocenters. The van der Waals surface area contributed by atoms with Crippen LogP contribution in [0.4, 0.5) is 5.69 Å². The molecule has 1 aromatic carbocycles. The zero-order valence-electron chi connectivity index (χ0n) is 9.31. The lowest BCUT2D eigenvalue weighted by Crippen LogP contribution is -2.30. The van der Waals surface area contributed by atoms with E-state index in [1.165, 1.54) is 6.07 Å². The van der Waals surface area contributed by atoms with Crippen molar-refractivity contribution in [3.63, 3.8) is 0 Å². The number of hydrogen-bond acceptors (Lipinski definition) is 6. The van der Waals surface area contributed by atoms with Gasteiger partial charge in [0.1, 0.15) is 9.86 Å². The molecule has 3 N–H and O–H groups in total. The molecule has 0 aliphatic rings. The lowest BCUT2D eigenvalue weighted by Gasteiger charge is -2.00. The fourth-order valence-corrected chi connectivity index (χ4v) is 2.47. The molecule has 11 heteroatoms. The molecular weight excluding hydrogens is 404 g/mol. The third-order valence-corrected chi connectivity index (χ3v) is 4.36. The highest BCUT2D eigenvalue weighted by Gasteiger charge is 2.23. The van der Waals surface area contributed by atoms with E-state index in [0.717, 1.165) is 0 Å². The van der Waals surface area contributed by atoms with Crippen molar-refractivity contribution in [3.05, 3.63) is 51.3 Å². The molecule has 0 bridgehead atoms. The Morgan fingerprint density at radius 1 is 1.25 bits per heavy atom. The summed E-state index contributed by atoms with van der Waals surface area (Å²) in [5.74, 6) is 0. The van der Waals surface area contributed by atoms with Crippen molar-refractivity contribution >= 4 is 48.5 Å². The molecule has 1 heterocycles. The molecule has 0 unspecified atom stereocenters. The van der Waals surface area contributed by atoms with Crippen molar-refractivity contribution in [2.24, 2.45) is 5.16 Å². The van der Waals surface area contributed by atoms with Crippen molar-refractivity contribution in [1.82, 2.24) is 9.97 Å². The van der Waals surface area contributed by atoms with Crippen LogP contribution in [0.5, 0.6) is 0 Å². The molecule has 1 aromatic heterocycles. The largest absolute Gasteiger partial charge is 0.409 e. The number of rotatable bonds is 1. The van der Waals surface area contributed by atoms with E-state index in [1.54, 1.807) is 0 Å². The summed E-state index contributed by atoms with van der Waals surface area (Å²) < 4.78 is 0.329. The summed E-state index contributed by atoms with van der Waals surface area (Å²) in [6, 6.07) is 1.32. The predicted octanol–water partition coefficient (Wildman–Crippen LogP) is 0.940. The molecule has 2 aromatic rings. The minimum atomic E-state index is -0.939. The van der Waals surface area contributed by atoms with E-state index in [0.29, 0.717) is 0 Å². The molecule has 0 aliphatic carbocycles. The maximum atomic E-state index is 12.0. The van der Waals surface area contributed by atoms with Gasteiger partial charge in [0.15, 0.2) is 0 Å². The number of nitro benzene ring substituents is 1. The van der Waals surface area contributed by atoms with Gasteiger partial charge >= 0.3 is 0 Å². The first kappa shape index (κ1) is 14.4. The molecule has 0 fully saturated rings. The smallest absolute Gasteiger partial charge is 0.299 e. The van der Waals surface area contributed by atoms with E-state index in [9.17, 15) is 19.7 Å². The summed E-state index contributed by atoms with van der Waals surface area (Å²) in [7, 11) is 0. The van der Waals surface area contributed by atoms with Gasteiger partial charge in [-0.05, 0) is 37.9 Å². The SMILES string of the molecule is O=c1[nH]c2cc(Br)c(Br)c([N+](=O)[O-])c2c(=O)[nH]c1=NO. The van der Waals surface area contributed by atoms with Gasteiger partial charge in [-0.1, -0.05) is 5.16 Å². The van der Waals surface area contributed by atoms with Crippen LogP contribution in [0.1, 0.15) is 0 Å². The molecule has 0 saturated carbocycles. The minimum Gasteiger partial charge on any atom is -0.409 e. The first-order chi connectivity index (χ1) is 9.36. The number of aromatic amines is 2. The number of fused-ring (bicyclic) bond motifs is 1. The Labute approximate surface area is 125 Å². The van der Waals surface area contributed by atoms with E-state index in [4.69, 9.17) is 5.21 Å². The third-order valence-electron chi connectivity index (χ3n) is 2.40. The van der Waals surface area contributed by atoms with Crippen molar-refractivity contribution in [3.8, 4) is 0 Å². The highest BCUT2D eigenvalue weighted by molar-refractivity contribution is 9.13. The number of nitrogens with one attached hydrogen (secondary N) is 2. The standard InChI is InChI=1S/C9H4Br2N4O5/c10-2-1-3-4(6(5(2)11)15(19)20)8(16)13-7(14-18)9(17)12-3/h1,18H,(H2,12,13,14,16,17). The lowest BCUT2D eigenvalue weighted by molar-refractivity contribution is -0.384. The summed E-state index contributed by atoms with van der Waals surface area (Å²) in [4.78, 5) is 38.2. The summed E-state index contributed by atoms with van der Waals surface area (Å²) >= 11 is 6.08. The van der Waals surface area contributed by atoms with Crippen LogP contribution in [0.15, 0.2) is 29.8 Å². The monoisotopic (exact) mass is 406 g/mol. The average Bonchev–Trinajstić information content (AvgIpc) is 2.48. The number of hydrogen-bond donors (Lipinski definition) is 3. The molecule has 2 rings (SSSR count). The Morgan fingerprint density at radius 2 is 1.90 bits per heavy atom. The maximum Gasteiger partial charge on any atom is 0.299 e. The fourth-order valence-electron chi connectivity index (χ4n) is 1.59. The number of aromatic nitrogens is 2. The first-order valence-corrected chi connectivity index (χ1v) is 6.46. The van der Waals surface area contributed by atoms with Gasteiger partial charge in [0, 0.05) is 4.47 Å². The van der Waals surface area contributed by atoms with E-state index in [-0.39, 0.29) is 19.8 Å². The van der Waals surface area contributed by atoms with Crippen LogP contribution in [0.3, 0.4) is 0 Å². The van der Waals surface area contributed by atoms with Crippen molar-refractivity contribution in [1.29, 1.82) is 0 Å². The van der Waals surface area contributed by atoms with Crippen LogP contribution < -0.4 is 16.6 Å².